The third-order valence-corrected chi connectivity index (χ3v) is 3.93. The van der Waals surface area contributed by atoms with Gasteiger partial charge in [0.25, 0.3) is 0 Å². The van der Waals surface area contributed by atoms with Crippen LogP contribution in [0.5, 0.6) is 5.75 Å². The van der Waals surface area contributed by atoms with Gasteiger partial charge in [-0.25, -0.2) is 0 Å². The smallest absolute Gasteiger partial charge is 0.387 e. The third kappa shape index (κ3) is 5.35. The zero-order chi connectivity index (χ0) is 15.2. The van der Waals surface area contributed by atoms with E-state index in [9.17, 15) is 8.78 Å². The van der Waals surface area contributed by atoms with Gasteiger partial charge >= 0.3 is 6.61 Å². The summed E-state index contributed by atoms with van der Waals surface area (Å²) in [4.78, 5) is 2.32. The van der Waals surface area contributed by atoms with Gasteiger partial charge in [0.05, 0.1) is 6.10 Å². The van der Waals surface area contributed by atoms with Crippen LogP contribution in [0.25, 0.3) is 0 Å². The summed E-state index contributed by atoms with van der Waals surface area (Å²) in [5.41, 5.74) is 6.90. The summed E-state index contributed by atoms with van der Waals surface area (Å²) in [6, 6.07) is 7.06. The standard InChI is InChI=1S/C15H22F2N2O2.ClH/c1-20-14-6-7-19(12(8-14)9-18)10-11-2-4-13(5-3-11)21-15(16)17;/h2-5,12,14-15H,6-10,18H2,1H3;1H. The van der Waals surface area contributed by atoms with Crippen molar-refractivity contribution < 1.29 is 18.3 Å². The number of nitrogens with two attached hydrogens (primary N) is 1. The van der Waals surface area contributed by atoms with E-state index in [0.29, 0.717) is 12.6 Å². The second-order valence-corrected chi connectivity index (χ2v) is 5.26. The fraction of sp³-hybridized carbons (Fsp3) is 0.600. The van der Waals surface area contributed by atoms with Gasteiger partial charge in [-0.15, -0.1) is 12.4 Å². The molecule has 22 heavy (non-hydrogen) atoms. The Kier molecular flexibility index (Phi) is 8.03. The second-order valence-electron chi connectivity index (χ2n) is 5.26. The largest absolute Gasteiger partial charge is 0.435 e. The first-order valence-electron chi connectivity index (χ1n) is 7.13. The van der Waals surface area contributed by atoms with Crippen molar-refractivity contribution in [2.45, 2.75) is 38.1 Å². The fourth-order valence-electron chi connectivity index (χ4n) is 2.74. The zero-order valence-electron chi connectivity index (χ0n) is 12.6. The summed E-state index contributed by atoms with van der Waals surface area (Å²) in [5.74, 6) is 0.183. The maximum atomic E-state index is 12.1. The molecule has 2 unspecified atom stereocenters. The predicted octanol–water partition coefficient (Wildman–Crippen LogP) is 2.65. The van der Waals surface area contributed by atoms with E-state index in [-0.39, 0.29) is 24.3 Å². The van der Waals surface area contributed by atoms with Crippen LogP contribution in [-0.4, -0.2) is 43.9 Å². The number of ether oxygens (including phenoxy) is 2. The minimum atomic E-state index is -2.79. The highest BCUT2D eigenvalue weighted by molar-refractivity contribution is 5.85. The Hall–Kier alpha value is -0.950. The number of nitrogens with zero attached hydrogens (tertiary/aromatic N) is 1. The number of methoxy groups -OCH3 is 1. The highest BCUT2D eigenvalue weighted by Gasteiger charge is 2.27. The second kappa shape index (κ2) is 9.25. The fourth-order valence-corrected chi connectivity index (χ4v) is 2.74. The van der Waals surface area contributed by atoms with Gasteiger partial charge in [-0.3, -0.25) is 4.90 Å². The van der Waals surface area contributed by atoms with Crippen molar-refractivity contribution in [3.63, 3.8) is 0 Å². The van der Waals surface area contributed by atoms with E-state index in [1.54, 1.807) is 19.2 Å². The summed E-state index contributed by atoms with van der Waals surface area (Å²) in [6.07, 6.45) is 2.19. The molecule has 0 spiro atoms. The van der Waals surface area contributed by atoms with Crippen LogP contribution in [0.3, 0.4) is 0 Å². The summed E-state index contributed by atoms with van der Waals surface area (Å²) in [7, 11) is 1.73. The molecule has 1 fully saturated rings. The minimum absolute atomic E-state index is 0. The molecule has 7 heteroatoms. The van der Waals surface area contributed by atoms with Crippen LogP contribution in [0.4, 0.5) is 8.78 Å². The van der Waals surface area contributed by atoms with Crippen molar-refractivity contribution in [1.82, 2.24) is 4.90 Å². The number of likely N-dealkylation sites (tertiary alicyclic amines) is 1. The van der Waals surface area contributed by atoms with Crippen molar-refractivity contribution in [1.29, 1.82) is 0 Å². The molecule has 1 saturated heterocycles. The molecule has 0 saturated carbocycles. The van der Waals surface area contributed by atoms with E-state index < -0.39 is 6.61 Å². The minimum Gasteiger partial charge on any atom is -0.435 e. The van der Waals surface area contributed by atoms with Crippen molar-refractivity contribution >= 4 is 12.4 Å². The maximum Gasteiger partial charge on any atom is 0.387 e. The number of halogens is 3. The van der Waals surface area contributed by atoms with Gasteiger partial charge in [0, 0.05) is 32.8 Å². The molecule has 0 aliphatic carbocycles. The first-order valence-corrected chi connectivity index (χ1v) is 7.13. The Morgan fingerprint density at radius 1 is 1.32 bits per heavy atom. The van der Waals surface area contributed by atoms with Gasteiger partial charge in [0.1, 0.15) is 5.75 Å². The molecule has 1 aromatic rings. The molecule has 1 aliphatic rings. The predicted molar refractivity (Wildman–Crippen MR) is 83.6 cm³/mol. The highest BCUT2D eigenvalue weighted by Crippen LogP contribution is 2.22. The zero-order valence-corrected chi connectivity index (χ0v) is 13.4. The topological polar surface area (TPSA) is 47.7 Å². The number of piperidine rings is 1. The number of alkyl halides is 2. The molecule has 2 atom stereocenters. The van der Waals surface area contributed by atoms with E-state index in [4.69, 9.17) is 10.5 Å². The molecule has 0 amide bonds. The van der Waals surface area contributed by atoms with Crippen LogP contribution in [0.1, 0.15) is 18.4 Å². The van der Waals surface area contributed by atoms with Crippen LogP contribution in [0.15, 0.2) is 24.3 Å². The Bertz CT molecular complexity index is 434. The van der Waals surface area contributed by atoms with Gasteiger partial charge in [-0.1, -0.05) is 12.1 Å². The van der Waals surface area contributed by atoms with Crippen LogP contribution in [-0.2, 0) is 11.3 Å². The summed E-state index contributed by atoms with van der Waals surface area (Å²) in [6.45, 7) is -0.513. The number of benzene rings is 1. The molecule has 1 aliphatic heterocycles. The average molecular weight is 337 g/mol. The van der Waals surface area contributed by atoms with Crippen molar-refractivity contribution in [3.8, 4) is 5.75 Å². The van der Waals surface area contributed by atoms with Crippen LogP contribution >= 0.6 is 12.4 Å². The van der Waals surface area contributed by atoms with Crippen LogP contribution in [0, 0.1) is 0 Å². The monoisotopic (exact) mass is 336 g/mol. The normalized spacial score (nSPS) is 22.4. The molecule has 4 nitrogen and oxygen atoms in total. The molecular weight excluding hydrogens is 314 g/mol. The van der Waals surface area contributed by atoms with E-state index >= 15 is 0 Å². The van der Waals surface area contributed by atoms with E-state index in [2.05, 4.69) is 9.64 Å². The van der Waals surface area contributed by atoms with Gasteiger partial charge in [-0.2, -0.15) is 8.78 Å². The van der Waals surface area contributed by atoms with Gasteiger partial charge in [0.2, 0.25) is 0 Å². The first-order chi connectivity index (χ1) is 10.1. The van der Waals surface area contributed by atoms with E-state index in [1.807, 2.05) is 12.1 Å². The van der Waals surface area contributed by atoms with Gasteiger partial charge in [0.15, 0.2) is 0 Å². The summed E-state index contributed by atoms with van der Waals surface area (Å²) >= 11 is 0. The molecule has 2 rings (SSSR count). The lowest BCUT2D eigenvalue weighted by molar-refractivity contribution is -0.0498. The lowest BCUT2D eigenvalue weighted by atomic mass is 9.98. The Morgan fingerprint density at radius 3 is 2.55 bits per heavy atom. The Morgan fingerprint density at radius 2 is 2.00 bits per heavy atom. The first kappa shape index (κ1) is 19.1. The van der Waals surface area contributed by atoms with Crippen molar-refractivity contribution in [2.24, 2.45) is 5.73 Å². The Labute approximate surface area is 136 Å². The van der Waals surface area contributed by atoms with Gasteiger partial charge in [-0.05, 0) is 30.5 Å². The third-order valence-electron chi connectivity index (χ3n) is 3.93. The molecule has 1 heterocycles. The van der Waals surface area contributed by atoms with Gasteiger partial charge < -0.3 is 15.2 Å². The van der Waals surface area contributed by atoms with E-state index in [0.717, 1.165) is 31.5 Å². The Balaban J connectivity index is 0.00000242. The molecule has 126 valence electrons. The number of hydrogen-bond acceptors (Lipinski definition) is 4. The van der Waals surface area contributed by atoms with Crippen molar-refractivity contribution in [2.75, 3.05) is 20.2 Å². The molecule has 0 radical (unpaired) electrons. The number of hydrogen-bond donors (Lipinski definition) is 1. The van der Waals surface area contributed by atoms with Crippen LogP contribution < -0.4 is 10.5 Å². The maximum absolute atomic E-state index is 12.1. The SMILES string of the molecule is COC1CCN(Cc2ccc(OC(F)F)cc2)C(CN)C1.Cl. The summed E-state index contributed by atoms with van der Waals surface area (Å²) < 4.78 is 34.0. The molecule has 0 aromatic heterocycles. The lowest BCUT2D eigenvalue weighted by Crippen LogP contribution is -2.47. The number of rotatable bonds is 6. The van der Waals surface area contributed by atoms with Crippen molar-refractivity contribution in [3.05, 3.63) is 29.8 Å². The summed E-state index contributed by atoms with van der Waals surface area (Å²) in [5, 5.41) is 0. The molecule has 2 N–H and O–H groups in total. The average Bonchev–Trinajstić information content (AvgIpc) is 2.49. The van der Waals surface area contributed by atoms with E-state index in [1.165, 1.54) is 0 Å². The molecule has 1 aromatic carbocycles. The highest BCUT2D eigenvalue weighted by atomic mass is 35.5. The molecular formula is C15H23ClF2N2O2. The van der Waals surface area contributed by atoms with Crippen LogP contribution in [0.2, 0.25) is 0 Å². The quantitative estimate of drug-likeness (QED) is 0.867. The lowest BCUT2D eigenvalue weighted by Gasteiger charge is -2.38. The molecule has 0 bridgehead atoms.